The van der Waals surface area contributed by atoms with Gasteiger partial charge in [0.15, 0.2) is 0 Å². The molecular weight excluding hydrogens is 211 g/mol. The Hall–Kier alpha value is -0.0736. The second kappa shape index (κ2) is 6.42. The van der Waals surface area contributed by atoms with Crippen molar-refractivity contribution in [3.63, 3.8) is 0 Å². The number of rotatable bonds is 3. The number of carboxylic acids is 1. The molecule has 0 aliphatic heterocycles. The number of hydrogen-bond acceptors (Lipinski definition) is 4. The van der Waals surface area contributed by atoms with Crippen LogP contribution in [0, 0.1) is 0 Å². The fraction of sp³-hybridized carbons (Fsp3) is 0.222. The molecule has 1 N–H and O–H groups in total. The number of phenols is 1. The van der Waals surface area contributed by atoms with Crippen molar-refractivity contribution in [1.29, 1.82) is 0 Å². The van der Waals surface area contributed by atoms with Gasteiger partial charge in [0.2, 0.25) is 0 Å². The van der Waals surface area contributed by atoms with Crippen molar-refractivity contribution in [2.45, 2.75) is 13.0 Å². The summed E-state index contributed by atoms with van der Waals surface area (Å²) in [4.78, 5) is 10.3. The number of carbonyl (C=O) groups is 1. The van der Waals surface area contributed by atoms with Gasteiger partial charge in [0.25, 0.3) is 0 Å². The standard InChI is InChI=1S/C9H10O4.K/c1-6(9(11)12)13-8-4-2-7(10)3-5-8;/h2-6,10H,1H3,(H,11,12);/q;+1/p-1/t6-;/m1./s1. The fourth-order valence-electron chi connectivity index (χ4n) is 0.777. The van der Waals surface area contributed by atoms with Crippen molar-refractivity contribution in [3.8, 4) is 11.5 Å². The maximum Gasteiger partial charge on any atom is 1.00 e. The van der Waals surface area contributed by atoms with E-state index < -0.39 is 12.1 Å². The van der Waals surface area contributed by atoms with Crippen LogP contribution in [0.3, 0.4) is 0 Å². The minimum Gasteiger partial charge on any atom is -0.546 e. The van der Waals surface area contributed by atoms with Crippen LogP contribution in [-0.4, -0.2) is 17.2 Å². The maximum atomic E-state index is 10.3. The van der Waals surface area contributed by atoms with E-state index >= 15 is 0 Å². The van der Waals surface area contributed by atoms with Crippen molar-refractivity contribution in [2.75, 3.05) is 0 Å². The van der Waals surface area contributed by atoms with E-state index in [0.29, 0.717) is 5.75 Å². The van der Waals surface area contributed by atoms with Crippen molar-refractivity contribution >= 4 is 5.97 Å². The van der Waals surface area contributed by atoms with Gasteiger partial charge >= 0.3 is 51.4 Å². The van der Waals surface area contributed by atoms with Gasteiger partial charge in [-0.25, -0.2) is 0 Å². The molecule has 70 valence electrons. The molecule has 0 heterocycles. The number of aliphatic carboxylic acids is 1. The summed E-state index contributed by atoms with van der Waals surface area (Å²) < 4.78 is 4.96. The van der Waals surface area contributed by atoms with E-state index in [-0.39, 0.29) is 57.1 Å². The zero-order valence-electron chi connectivity index (χ0n) is 8.06. The molecule has 0 aliphatic rings. The molecule has 1 aromatic carbocycles. The Morgan fingerprint density at radius 3 is 2.36 bits per heavy atom. The van der Waals surface area contributed by atoms with Gasteiger partial charge in [0.1, 0.15) is 17.6 Å². The van der Waals surface area contributed by atoms with Crippen LogP contribution in [0.25, 0.3) is 0 Å². The van der Waals surface area contributed by atoms with Crippen molar-refractivity contribution in [3.05, 3.63) is 24.3 Å². The van der Waals surface area contributed by atoms with Crippen molar-refractivity contribution in [1.82, 2.24) is 0 Å². The van der Waals surface area contributed by atoms with Gasteiger partial charge < -0.3 is 19.7 Å². The molecule has 1 atom stereocenters. The number of aromatic hydroxyl groups is 1. The number of phenolic OH excluding ortho intramolecular Hbond substituents is 1. The zero-order chi connectivity index (χ0) is 9.84. The van der Waals surface area contributed by atoms with Crippen molar-refractivity contribution in [2.24, 2.45) is 0 Å². The molecule has 0 spiro atoms. The molecule has 0 amide bonds. The van der Waals surface area contributed by atoms with Crippen LogP contribution in [0.5, 0.6) is 11.5 Å². The maximum absolute atomic E-state index is 10.3. The topological polar surface area (TPSA) is 69.6 Å². The Morgan fingerprint density at radius 2 is 1.93 bits per heavy atom. The average Bonchev–Trinajstić information content (AvgIpc) is 2.08. The molecule has 0 aliphatic carbocycles. The van der Waals surface area contributed by atoms with Gasteiger partial charge in [-0.1, -0.05) is 0 Å². The first-order chi connectivity index (χ1) is 6.09. The fourth-order valence-corrected chi connectivity index (χ4v) is 0.777. The molecule has 4 nitrogen and oxygen atoms in total. The molecule has 1 aromatic rings. The van der Waals surface area contributed by atoms with Gasteiger partial charge in [-0.05, 0) is 31.2 Å². The summed E-state index contributed by atoms with van der Waals surface area (Å²) >= 11 is 0. The minimum atomic E-state index is -1.27. The van der Waals surface area contributed by atoms with E-state index in [4.69, 9.17) is 9.84 Å². The summed E-state index contributed by atoms with van der Waals surface area (Å²) in [7, 11) is 0. The monoisotopic (exact) mass is 220 g/mol. The van der Waals surface area contributed by atoms with Crippen LogP contribution in [-0.2, 0) is 4.79 Å². The summed E-state index contributed by atoms with van der Waals surface area (Å²) in [6.45, 7) is 1.38. The number of carboxylic acid groups (broad SMARTS) is 1. The quantitative estimate of drug-likeness (QED) is 0.548. The van der Waals surface area contributed by atoms with Crippen LogP contribution in [0.2, 0.25) is 0 Å². The van der Waals surface area contributed by atoms with E-state index in [2.05, 4.69) is 0 Å². The third-order valence-electron chi connectivity index (χ3n) is 1.48. The van der Waals surface area contributed by atoms with Gasteiger partial charge in [0, 0.05) is 0 Å². The van der Waals surface area contributed by atoms with E-state index in [1.165, 1.54) is 31.2 Å². The number of benzene rings is 1. The van der Waals surface area contributed by atoms with E-state index in [0.717, 1.165) is 0 Å². The van der Waals surface area contributed by atoms with Crippen LogP contribution in [0.1, 0.15) is 6.92 Å². The Labute approximate surface area is 124 Å². The van der Waals surface area contributed by atoms with E-state index in [9.17, 15) is 9.90 Å². The molecule has 0 saturated heterocycles. The van der Waals surface area contributed by atoms with Gasteiger partial charge in [-0.3, -0.25) is 0 Å². The molecule has 0 radical (unpaired) electrons. The molecule has 1 rings (SSSR count). The Balaban J connectivity index is 0.00000169. The molecule has 14 heavy (non-hydrogen) atoms. The van der Waals surface area contributed by atoms with Crippen LogP contribution < -0.4 is 61.2 Å². The Kier molecular flexibility index (Phi) is 6.38. The zero-order valence-corrected chi connectivity index (χ0v) is 11.2. The van der Waals surface area contributed by atoms with Gasteiger partial charge in [0.05, 0.1) is 5.97 Å². The van der Waals surface area contributed by atoms with Crippen LogP contribution in [0.15, 0.2) is 24.3 Å². The minimum absolute atomic E-state index is 0. The second-order valence-corrected chi connectivity index (χ2v) is 2.57. The van der Waals surface area contributed by atoms with E-state index in [1.807, 2.05) is 0 Å². The largest absolute Gasteiger partial charge is 1.00 e. The summed E-state index contributed by atoms with van der Waals surface area (Å²) in [5.74, 6) is -0.781. The molecule has 5 heteroatoms. The first-order valence-electron chi connectivity index (χ1n) is 3.76. The van der Waals surface area contributed by atoms with E-state index in [1.54, 1.807) is 0 Å². The molecule has 0 fully saturated rings. The SMILES string of the molecule is C[C@@H](Oc1ccc(O)cc1)C(=O)[O-].[K+]. The molecule has 0 unspecified atom stereocenters. The number of ether oxygens (including phenoxy) is 1. The third kappa shape index (κ3) is 4.43. The normalized spacial score (nSPS) is 11.2. The first-order valence-corrected chi connectivity index (χ1v) is 3.76. The van der Waals surface area contributed by atoms with Crippen molar-refractivity contribution < 1.29 is 71.1 Å². The average molecular weight is 220 g/mol. The van der Waals surface area contributed by atoms with Gasteiger partial charge in [-0.15, -0.1) is 0 Å². The summed E-state index contributed by atoms with van der Waals surface area (Å²) in [5, 5.41) is 19.2. The van der Waals surface area contributed by atoms with Crippen LogP contribution in [0.4, 0.5) is 0 Å². The molecule has 0 bridgehead atoms. The summed E-state index contributed by atoms with van der Waals surface area (Å²) in [6.07, 6.45) is -0.996. The van der Waals surface area contributed by atoms with Gasteiger partial charge in [-0.2, -0.15) is 0 Å². The molecular formula is C9H9KO4. The number of carbonyl (C=O) groups excluding carboxylic acids is 1. The third-order valence-corrected chi connectivity index (χ3v) is 1.48. The number of hydrogen-bond donors (Lipinski definition) is 1. The Bertz CT molecular complexity index is 296. The summed E-state index contributed by atoms with van der Waals surface area (Å²) in [6, 6.07) is 5.79. The summed E-state index contributed by atoms with van der Waals surface area (Å²) in [5.41, 5.74) is 0. The molecule has 0 aromatic heterocycles. The predicted octanol–water partition coefficient (Wildman–Crippen LogP) is -3.09. The smallest absolute Gasteiger partial charge is 0.546 e. The first kappa shape index (κ1) is 13.9. The second-order valence-electron chi connectivity index (χ2n) is 2.57. The van der Waals surface area contributed by atoms with Crippen LogP contribution >= 0.6 is 0 Å². The predicted molar refractivity (Wildman–Crippen MR) is 43.2 cm³/mol. The molecule has 0 saturated carbocycles. The Morgan fingerprint density at radius 1 is 1.43 bits per heavy atom.